The summed E-state index contributed by atoms with van der Waals surface area (Å²) in [4.78, 5) is 25.3. The van der Waals surface area contributed by atoms with Crippen LogP contribution in [0.5, 0.6) is 0 Å². The second kappa shape index (κ2) is 5.62. The molecule has 1 aliphatic heterocycles. The molecule has 0 aromatic heterocycles. The van der Waals surface area contributed by atoms with Gasteiger partial charge in [0.1, 0.15) is 0 Å². The number of carbonyl (C=O) groups excluding carboxylic acids is 1. The highest BCUT2D eigenvalue weighted by Crippen LogP contribution is 2.44. The molecule has 1 aliphatic carbocycles. The van der Waals surface area contributed by atoms with E-state index in [1.165, 1.54) is 12.8 Å². The van der Waals surface area contributed by atoms with Crippen LogP contribution in [-0.4, -0.2) is 41.6 Å². The molecule has 1 heterocycles. The Kier molecular flexibility index (Phi) is 4.25. The number of aliphatic carboxylic acids is 1. The number of urea groups is 1. The van der Waals surface area contributed by atoms with Crippen molar-refractivity contribution in [2.45, 2.75) is 52.4 Å². The van der Waals surface area contributed by atoms with E-state index in [1.54, 1.807) is 4.90 Å². The molecule has 2 aliphatic rings. The molecule has 2 fully saturated rings. The number of amides is 2. The van der Waals surface area contributed by atoms with Crippen molar-refractivity contribution in [3.05, 3.63) is 0 Å². The van der Waals surface area contributed by atoms with Crippen LogP contribution in [0.3, 0.4) is 0 Å². The molecule has 5 nitrogen and oxygen atoms in total. The van der Waals surface area contributed by atoms with Crippen LogP contribution >= 0.6 is 0 Å². The third kappa shape index (κ3) is 3.25. The number of carbonyl (C=O) groups is 2. The minimum absolute atomic E-state index is 0.0337. The Bertz CT molecular complexity index is 383. The van der Waals surface area contributed by atoms with E-state index in [-0.39, 0.29) is 6.03 Å². The molecule has 2 rings (SSSR count). The van der Waals surface area contributed by atoms with Gasteiger partial charge < -0.3 is 15.3 Å². The Morgan fingerprint density at radius 3 is 2.25 bits per heavy atom. The standard InChI is InChI=1S/C15H26N2O3/c1-3-4-15(12(18)19)7-9-17(10-8-15)13(20)16-11-14(2)5-6-14/h3-11H2,1-2H3,(H,16,20)(H,18,19). The number of carboxylic acid groups (broad SMARTS) is 1. The number of hydrogen-bond donors (Lipinski definition) is 2. The van der Waals surface area contributed by atoms with Crippen LogP contribution < -0.4 is 5.32 Å². The first kappa shape index (κ1) is 15.1. The van der Waals surface area contributed by atoms with E-state index in [0.29, 0.717) is 37.8 Å². The molecule has 0 radical (unpaired) electrons. The molecule has 0 bridgehead atoms. The van der Waals surface area contributed by atoms with Gasteiger partial charge in [-0.3, -0.25) is 4.79 Å². The van der Waals surface area contributed by atoms with Gasteiger partial charge in [0.25, 0.3) is 0 Å². The molecule has 0 unspecified atom stereocenters. The molecule has 1 saturated heterocycles. The zero-order valence-electron chi connectivity index (χ0n) is 12.6. The molecular formula is C15H26N2O3. The fourth-order valence-electron chi connectivity index (χ4n) is 2.98. The van der Waals surface area contributed by atoms with Gasteiger partial charge in [0.05, 0.1) is 5.41 Å². The van der Waals surface area contributed by atoms with Crippen molar-refractivity contribution >= 4 is 12.0 Å². The van der Waals surface area contributed by atoms with E-state index in [4.69, 9.17) is 0 Å². The van der Waals surface area contributed by atoms with Crippen LogP contribution in [0.4, 0.5) is 4.79 Å². The second-order valence-corrected chi connectivity index (χ2v) is 6.79. The smallest absolute Gasteiger partial charge is 0.317 e. The average molecular weight is 282 g/mol. The first-order valence-electron chi connectivity index (χ1n) is 7.67. The van der Waals surface area contributed by atoms with Crippen molar-refractivity contribution in [1.82, 2.24) is 10.2 Å². The Morgan fingerprint density at radius 1 is 1.20 bits per heavy atom. The van der Waals surface area contributed by atoms with Gasteiger partial charge in [0, 0.05) is 19.6 Å². The zero-order valence-corrected chi connectivity index (χ0v) is 12.6. The average Bonchev–Trinajstić information content (AvgIpc) is 3.15. The largest absolute Gasteiger partial charge is 0.481 e. The number of rotatable bonds is 5. The lowest BCUT2D eigenvalue weighted by Crippen LogP contribution is -2.50. The third-order valence-corrected chi connectivity index (χ3v) is 4.96. The van der Waals surface area contributed by atoms with Crippen LogP contribution in [-0.2, 0) is 4.79 Å². The van der Waals surface area contributed by atoms with Gasteiger partial charge in [-0.15, -0.1) is 0 Å². The van der Waals surface area contributed by atoms with E-state index in [9.17, 15) is 14.7 Å². The van der Waals surface area contributed by atoms with Gasteiger partial charge >= 0.3 is 12.0 Å². The molecule has 1 saturated carbocycles. The van der Waals surface area contributed by atoms with Crippen molar-refractivity contribution in [3.63, 3.8) is 0 Å². The van der Waals surface area contributed by atoms with Gasteiger partial charge in [0.15, 0.2) is 0 Å². The fraction of sp³-hybridized carbons (Fsp3) is 0.867. The highest BCUT2D eigenvalue weighted by Gasteiger charge is 2.42. The number of nitrogens with zero attached hydrogens (tertiary/aromatic N) is 1. The zero-order chi connectivity index (χ0) is 14.8. The van der Waals surface area contributed by atoms with E-state index in [0.717, 1.165) is 13.0 Å². The lowest BCUT2D eigenvalue weighted by Gasteiger charge is -2.38. The maximum absolute atomic E-state index is 12.1. The molecule has 0 spiro atoms. The highest BCUT2D eigenvalue weighted by atomic mass is 16.4. The normalized spacial score (nSPS) is 23.2. The van der Waals surface area contributed by atoms with Crippen molar-refractivity contribution < 1.29 is 14.7 Å². The monoisotopic (exact) mass is 282 g/mol. The van der Waals surface area contributed by atoms with E-state index < -0.39 is 11.4 Å². The second-order valence-electron chi connectivity index (χ2n) is 6.79. The first-order valence-corrected chi connectivity index (χ1v) is 7.67. The van der Waals surface area contributed by atoms with Crippen LogP contribution in [0.25, 0.3) is 0 Å². The molecule has 114 valence electrons. The number of piperidine rings is 1. The van der Waals surface area contributed by atoms with Crippen LogP contribution in [0.2, 0.25) is 0 Å². The Balaban J connectivity index is 1.83. The predicted molar refractivity (Wildman–Crippen MR) is 76.5 cm³/mol. The predicted octanol–water partition coefficient (Wildman–Crippen LogP) is 2.46. The van der Waals surface area contributed by atoms with E-state index in [2.05, 4.69) is 12.2 Å². The van der Waals surface area contributed by atoms with Crippen LogP contribution in [0.15, 0.2) is 0 Å². The first-order chi connectivity index (χ1) is 9.41. The lowest BCUT2D eigenvalue weighted by molar-refractivity contribution is -0.152. The minimum Gasteiger partial charge on any atom is -0.481 e. The summed E-state index contributed by atoms with van der Waals surface area (Å²) in [6, 6.07) is -0.0337. The molecule has 0 aromatic carbocycles. The highest BCUT2D eigenvalue weighted by molar-refractivity contribution is 5.77. The lowest BCUT2D eigenvalue weighted by atomic mass is 9.75. The Hall–Kier alpha value is -1.26. The van der Waals surface area contributed by atoms with Gasteiger partial charge in [0.2, 0.25) is 0 Å². The Labute approximate surface area is 120 Å². The molecule has 2 amide bonds. The summed E-state index contributed by atoms with van der Waals surface area (Å²) in [6.45, 7) is 6.03. The van der Waals surface area contributed by atoms with Crippen LogP contribution in [0.1, 0.15) is 52.4 Å². The van der Waals surface area contributed by atoms with E-state index >= 15 is 0 Å². The summed E-state index contributed by atoms with van der Waals surface area (Å²) in [6.07, 6.45) is 5.09. The van der Waals surface area contributed by atoms with Gasteiger partial charge in [-0.1, -0.05) is 20.3 Å². The van der Waals surface area contributed by atoms with Crippen molar-refractivity contribution in [3.8, 4) is 0 Å². The van der Waals surface area contributed by atoms with E-state index in [1.807, 2.05) is 6.92 Å². The number of carboxylic acids is 1. The van der Waals surface area contributed by atoms with Gasteiger partial charge in [-0.05, 0) is 37.5 Å². The van der Waals surface area contributed by atoms with Gasteiger partial charge in [-0.2, -0.15) is 0 Å². The molecule has 0 atom stereocenters. The van der Waals surface area contributed by atoms with Crippen molar-refractivity contribution in [1.29, 1.82) is 0 Å². The summed E-state index contributed by atoms with van der Waals surface area (Å²) >= 11 is 0. The summed E-state index contributed by atoms with van der Waals surface area (Å²) in [5.74, 6) is -0.704. The summed E-state index contributed by atoms with van der Waals surface area (Å²) < 4.78 is 0. The minimum atomic E-state index is -0.704. The SMILES string of the molecule is CCCC1(C(=O)O)CCN(C(=O)NCC2(C)CC2)CC1. The number of likely N-dealkylation sites (tertiary alicyclic amines) is 1. The fourth-order valence-corrected chi connectivity index (χ4v) is 2.98. The van der Waals surface area contributed by atoms with Crippen molar-refractivity contribution in [2.24, 2.45) is 10.8 Å². The maximum atomic E-state index is 12.1. The van der Waals surface area contributed by atoms with Gasteiger partial charge in [-0.25, -0.2) is 4.79 Å². The summed E-state index contributed by atoms with van der Waals surface area (Å²) in [5, 5.41) is 12.4. The Morgan fingerprint density at radius 2 is 1.80 bits per heavy atom. The topological polar surface area (TPSA) is 69.6 Å². The molecule has 0 aromatic rings. The molecule has 20 heavy (non-hydrogen) atoms. The summed E-state index contributed by atoms with van der Waals surface area (Å²) in [5.41, 5.74) is -0.313. The van der Waals surface area contributed by atoms with Crippen molar-refractivity contribution in [2.75, 3.05) is 19.6 Å². The molecule has 5 heteroatoms. The maximum Gasteiger partial charge on any atom is 0.317 e. The molecule has 2 N–H and O–H groups in total. The third-order valence-electron chi connectivity index (χ3n) is 4.96. The number of nitrogens with one attached hydrogen (secondary N) is 1. The quantitative estimate of drug-likeness (QED) is 0.814. The summed E-state index contributed by atoms with van der Waals surface area (Å²) in [7, 11) is 0. The number of hydrogen-bond acceptors (Lipinski definition) is 2. The molecular weight excluding hydrogens is 256 g/mol. The van der Waals surface area contributed by atoms with Crippen LogP contribution in [0, 0.1) is 10.8 Å².